The molecule has 1 aliphatic rings. The average Bonchev–Trinajstić information content (AvgIpc) is 2.46. The monoisotopic (exact) mass is 247 g/mol. The minimum atomic E-state index is -0.318. The number of aromatic nitrogens is 2. The lowest BCUT2D eigenvalue weighted by Gasteiger charge is -2.04. The molecule has 0 saturated heterocycles. The Morgan fingerprint density at radius 3 is 2.94 bits per heavy atom. The van der Waals surface area contributed by atoms with Crippen LogP contribution < -0.4 is 10.1 Å². The van der Waals surface area contributed by atoms with Gasteiger partial charge in [-0.15, -0.1) is 10.2 Å². The third kappa shape index (κ3) is 1.70. The highest BCUT2D eigenvalue weighted by molar-refractivity contribution is 6.29. The second-order valence-corrected chi connectivity index (χ2v) is 3.83. The number of hydrogen-bond acceptors (Lipinski definition) is 4. The second-order valence-electron chi connectivity index (χ2n) is 3.44. The van der Waals surface area contributed by atoms with E-state index >= 15 is 0 Å². The standard InChI is InChI=1S/C11H6ClN3O2/c12-9-5-6-10(16)13-7-3-1-2-4-8(7)17-11(6)15-14-9/h1-5H,(H,13,16). The summed E-state index contributed by atoms with van der Waals surface area (Å²) in [4.78, 5) is 11.9. The molecule has 1 aromatic heterocycles. The van der Waals surface area contributed by atoms with Gasteiger partial charge in [0.25, 0.3) is 11.8 Å². The molecule has 5 nitrogen and oxygen atoms in total. The first-order valence-corrected chi connectivity index (χ1v) is 5.23. The molecule has 1 aliphatic heterocycles. The van der Waals surface area contributed by atoms with E-state index < -0.39 is 0 Å². The van der Waals surface area contributed by atoms with E-state index in [9.17, 15) is 4.79 Å². The van der Waals surface area contributed by atoms with E-state index in [4.69, 9.17) is 16.3 Å². The number of anilines is 1. The Kier molecular flexibility index (Phi) is 2.19. The van der Waals surface area contributed by atoms with Crippen molar-refractivity contribution in [3.8, 4) is 11.6 Å². The minimum Gasteiger partial charge on any atom is -0.435 e. The smallest absolute Gasteiger partial charge is 0.261 e. The van der Waals surface area contributed by atoms with Gasteiger partial charge in [-0.25, -0.2) is 0 Å². The molecule has 0 unspecified atom stereocenters. The van der Waals surface area contributed by atoms with Crippen LogP contribution in [-0.2, 0) is 0 Å². The van der Waals surface area contributed by atoms with Crippen LogP contribution in [0, 0.1) is 0 Å². The fourth-order valence-corrected chi connectivity index (χ4v) is 1.69. The number of carbonyl (C=O) groups is 1. The molecule has 1 aromatic carbocycles. The highest BCUT2D eigenvalue weighted by Gasteiger charge is 2.22. The van der Waals surface area contributed by atoms with Crippen molar-refractivity contribution in [3.63, 3.8) is 0 Å². The number of hydrogen-bond donors (Lipinski definition) is 1. The lowest BCUT2D eigenvalue weighted by Crippen LogP contribution is -2.11. The van der Waals surface area contributed by atoms with Gasteiger partial charge in [0.1, 0.15) is 5.56 Å². The van der Waals surface area contributed by atoms with E-state index in [-0.39, 0.29) is 22.5 Å². The van der Waals surface area contributed by atoms with Crippen LogP contribution in [0.2, 0.25) is 5.15 Å². The summed E-state index contributed by atoms with van der Waals surface area (Å²) in [5, 5.41) is 10.3. The summed E-state index contributed by atoms with van der Waals surface area (Å²) in [6, 6.07) is 8.51. The maximum Gasteiger partial charge on any atom is 0.261 e. The van der Waals surface area contributed by atoms with Crippen LogP contribution in [0.3, 0.4) is 0 Å². The molecule has 0 radical (unpaired) electrons. The molecule has 1 N–H and O–H groups in total. The summed E-state index contributed by atoms with van der Waals surface area (Å²) in [6.45, 7) is 0. The fourth-order valence-electron chi connectivity index (χ4n) is 1.55. The number of fused-ring (bicyclic) bond motifs is 2. The van der Waals surface area contributed by atoms with Gasteiger partial charge in [0.15, 0.2) is 10.9 Å². The fraction of sp³-hybridized carbons (Fsp3) is 0. The Bertz CT molecular complexity index is 615. The van der Waals surface area contributed by atoms with E-state index in [0.29, 0.717) is 11.4 Å². The van der Waals surface area contributed by atoms with Gasteiger partial charge in [0, 0.05) is 0 Å². The van der Waals surface area contributed by atoms with Crippen LogP contribution >= 0.6 is 11.6 Å². The minimum absolute atomic E-state index is 0.147. The molecule has 0 spiro atoms. The third-order valence-corrected chi connectivity index (χ3v) is 2.50. The van der Waals surface area contributed by atoms with Gasteiger partial charge < -0.3 is 10.1 Å². The zero-order chi connectivity index (χ0) is 11.8. The van der Waals surface area contributed by atoms with Gasteiger partial charge in [-0.05, 0) is 18.2 Å². The maximum absolute atomic E-state index is 11.9. The van der Waals surface area contributed by atoms with Crippen molar-refractivity contribution in [1.29, 1.82) is 0 Å². The zero-order valence-electron chi connectivity index (χ0n) is 8.48. The first-order chi connectivity index (χ1) is 8.24. The number of ether oxygens (including phenoxy) is 1. The number of amides is 1. The Morgan fingerprint density at radius 1 is 1.24 bits per heavy atom. The molecule has 0 aliphatic carbocycles. The first kappa shape index (κ1) is 10.0. The summed E-state index contributed by atoms with van der Waals surface area (Å²) in [6.07, 6.45) is 0. The van der Waals surface area contributed by atoms with E-state index in [1.165, 1.54) is 6.07 Å². The molecule has 0 bridgehead atoms. The maximum atomic E-state index is 11.9. The molecule has 84 valence electrons. The van der Waals surface area contributed by atoms with E-state index in [0.717, 1.165) is 0 Å². The van der Waals surface area contributed by atoms with Crippen molar-refractivity contribution in [1.82, 2.24) is 10.2 Å². The number of benzene rings is 1. The van der Waals surface area contributed by atoms with Crippen molar-refractivity contribution in [3.05, 3.63) is 41.0 Å². The predicted molar refractivity (Wildman–Crippen MR) is 61.5 cm³/mol. The SMILES string of the molecule is O=C1Nc2ccccc2Oc2nnc(Cl)cc21. The van der Waals surface area contributed by atoms with E-state index in [1.54, 1.807) is 24.3 Å². The number of nitrogens with one attached hydrogen (secondary N) is 1. The Hall–Kier alpha value is -2.14. The third-order valence-electron chi connectivity index (χ3n) is 2.32. The Balaban J connectivity index is 2.17. The Labute approximate surface area is 101 Å². The zero-order valence-corrected chi connectivity index (χ0v) is 9.23. The van der Waals surface area contributed by atoms with Gasteiger partial charge in [0.05, 0.1) is 5.69 Å². The number of rotatable bonds is 0. The molecule has 2 aromatic rings. The summed E-state index contributed by atoms with van der Waals surface area (Å²) in [5.41, 5.74) is 0.854. The molecule has 2 heterocycles. The summed E-state index contributed by atoms with van der Waals surface area (Å²) < 4.78 is 5.51. The topological polar surface area (TPSA) is 64.1 Å². The van der Waals surface area contributed by atoms with Crippen molar-refractivity contribution >= 4 is 23.2 Å². The van der Waals surface area contributed by atoms with Crippen molar-refractivity contribution in [2.75, 3.05) is 5.32 Å². The molecule has 6 heteroatoms. The normalized spacial score (nSPS) is 12.9. The van der Waals surface area contributed by atoms with Gasteiger partial charge in [-0.3, -0.25) is 4.79 Å². The van der Waals surface area contributed by atoms with Gasteiger partial charge in [0.2, 0.25) is 0 Å². The molecular weight excluding hydrogens is 242 g/mol. The van der Waals surface area contributed by atoms with Gasteiger partial charge in [-0.1, -0.05) is 23.7 Å². The molecular formula is C11H6ClN3O2. The number of para-hydroxylation sites is 2. The average molecular weight is 248 g/mol. The summed E-state index contributed by atoms with van der Waals surface area (Å²) >= 11 is 5.70. The quantitative estimate of drug-likeness (QED) is 0.777. The van der Waals surface area contributed by atoms with Crippen LogP contribution in [0.15, 0.2) is 30.3 Å². The molecule has 1 amide bonds. The van der Waals surface area contributed by atoms with Crippen LogP contribution in [0.1, 0.15) is 10.4 Å². The number of nitrogens with zero attached hydrogens (tertiary/aromatic N) is 2. The van der Waals surface area contributed by atoms with Crippen LogP contribution in [-0.4, -0.2) is 16.1 Å². The largest absolute Gasteiger partial charge is 0.435 e. The van der Waals surface area contributed by atoms with Crippen LogP contribution in [0.25, 0.3) is 0 Å². The molecule has 3 rings (SSSR count). The van der Waals surface area contributed by atoms with Crippen molar-refractivity contribution in [2.24, 2.45) is 0 Å². The van der Waals surface area contributed by atoms with Gasteiger partial charge >= 0.3 is 0 Å². The molecule has 0 fully saturated rings. The predicted octanol–water partition coefficient (Wildman–Crippen LogP) is 2.49. The lowest BCUT2D eigenvalue weighted by atomic mass is 10.2. The summed E-state index contributed by atoms with van der Waals surface area (Å²) in [7, 11) is 0. The first-order valence-electron chi connectivity index (χ1n) is 4.85. The molecule has 0 saturated carbocycles. The van der Waals surface area contributed by atoms with E-state index in [2.05, 4.69) is 15.5 Å². The summed E-state index contributed by atoms with van der Waals surface area (Å²) in [5.74, 6) is 0.356. The van der Waals surface area contributed by atoms with Crippen LogP contribution in [0.4, 0.5) is 5.69 Å². The molecule has 0 atom stereocenters. The number of carbonyl (C=O) groups excluding carboxylic acids is 1. The Morgan fingerprint density at radius 2 is 2.06 bits per heavy atom. The highest BCUT2D eigenvalue weighted by atomic mass is 35.5. The molecule has 17 heavy (non-hydrogen) atoms. The van der Waals surface area contributed by atoms with E-state index in [1.807, 2.05) is 0 Å². The van der Waals surface area contributed by atoms with Crippen LogP contribution in [0.5, 0.6) is 11.6 Å². The second kappa shape index (κ2) is 3.71. The number of halogens is 1. The van der Waals surface area contributed by atoms with Crippen molar-refractivity contribution < 1.29 is 9.53 Å². The van der Waals surface area contributed by atoms with Crippen molar-refractivity contribution in [2.45, 2.75) is 0 Å². The highest BCUT2D eigenvalue weighted by Crippen LogP contribution is 2.34. The lowest BCUT2D eigenvalue weighted by molar-refractivity contribution is 0.102. The van der Waals surface area contributed by atoms with Gasteiger partial charge in [-0.2, -0.15) is 0 Å².